The van der Waals surface area contributed by atoms with Crippen molar-refractivity contribution in [3.63, 3.8) is 0 Å². The number of aryl methyl sites for hydroxylation is 1. The lowest BCUT2D eigenvalue weighted by molar-refractivity contribution is -0.129. The first-order valence-electron chi connectivity index (χ1n) is 6.76. The summed E-state index contributed by atoms with van der Waals surface area (Å²) < 4.78 is 0.932. The van der Waals surface area contributed by atoms with E-state index in [1.54, 1.807) is 11.8 Å². The van der Waals surface area contributed by atoms with Gasteiger partial charge in [0.2, 0.25) is 5.91 Å². The summed E-state index contributed by atoms with van der Waals surface area (Å²) in [6.45, 7) is 6.10. The van der Waals surface area contributed by atoms with Gasteiger partial charge in [-0.05, 0) is 44.0 Å². The van der Waals surface area contributed by atoms with Crippen LogP contribution in [0.5, 0.6) is 0 Å². The number of carbonyl (C=O) groups excluding carboxylic acids is 2. The molecule has 1 saturated heterocycles. The molecule has 1 aromatic carbocycles. The standard InChI is InChI=1S/C15H19BrN2O2/c1-4-15(3)14(20)18(6-5-13(19)17-15)12-8-10(2)7-11(16)9-12/h7-9H,4-6H2,1-3H3,(H,17,19). The van der Waals surface area contributed by atoms with E-state index in [9.17, 15) is 9.59 Å². The molecule has 20 heavy (non-hydrogen) atoms. The molecular formula is C15H19BrN2O2. The van der Waals surface area contributed by atoms with Gasteiger partial charge in [0.1, 0.15) is 5.54 Å². The molecule has 1 heterocycles. The maximum Gasteiger partial charge on any atom is 0.252 e. The first kappa shape index (κ1) is 15.0. The van der Waals surface area contributed by atoms with E-state index in [1.165, 1.54) is 0 Å². The molecule has 1 aromatic rings. The Balaban J connectivity index is 2.43. The molecule has 1 N–H and O–H groups in total. The molecule has 1 fully saturated rings. The summed E-state index contributed by atoms with van der Waals surface area (Å²) in [6.07, 6.45) is 0.897. The Bertz CT molecular complexity index is 539. The maximum absolute atomic E-state index is 12.8. The number of anilines is 1. The van der Waals surface area contributed by atoms with Crippen molar-refractivity contribution in [3.05, 3.63) is 28.2 Å². The zero-order chi connectivity index (χ0) is 14.9. The van der Waals surface area contributed by atoms with Crippen molar-refractivity contribution in [3.8, 4) is 0 Å². The lowest BCUT2D eigenvalue weighted by Crippen LogP contribution is -2.54. The molecule has 108 valence electrons. The molecule has 0 aromatic heterocycles. The Kier molecular flexibility index (Phi) is 4.18. The van der Waals surface area contributed by atoms with Crippen molar-refractivity contribution < 1.29 is 9.59 Å². The molecule has 2 amide bonds. The van der Waals surface area contributed by atoms with Crippen LogP contribution in [-0.4, -0.2) is 23.9 Å². The average Bonchev–Trinajstić information content (AvgIpc) is 2.47. The second-order valence-corrected chi connectivity index (χ2v) is 6.34. The second kappa shape index (κ2) is 5.56. The fraction of sp³-hybridized carbons (Fsp3) is 0.467. The molecule has 4 nitrogen and oxygen atoms in total. The number of halogens is 1. The zero-order valence-electron chi connectivity index (χ0n) is 12.0. The SMILES string of the molecule is CCC1(C)NC(=O)CCN(c2cc(C)cc(Br)c2)C1=O. The van der Waals surface area contributed by atoms with Crippen molar-refractivity contribution in [2.24, 2.45) is 0 Å². The van der Waals surface area contributed by atoms with Gasteiger partial charge in [0.05, 0.1) is 0 Å². The van der Waals surface area contributed by atoms with Gasteiger partial charge in [0, 0.05) is 23.1 Å². The molecule has 0 bridgehead atoms. The predicted octanol–water partition coefficient (Wildman–Crippen LogP) is 2.78. The van der Waals surface area contributed by atoms with Gasteiger partial charge in [-0.1, -0.05) is 22.9 Å². The van der Waals surface area contributed by atoms with E-state index in [-0.39, 0.29) is 11.8 Å². The number of amides is 2. The Morgan fingerprint density at radius 2 is 2.05 bits per heavy atom. The van der Waals surface area contributed by atoms with Gasteiger partial charge in [-0.2, -0.15) is 0 Å². The molecule has 2 rings (SSSR count). The molecule has 1 aliphatic rings. The van der Waals surface area contributed by atoms with E-state index >= 15 is 0 Å². The topological polar surface area (TPSA) is 49.4 Å². The summed E-state index contributed by atoms with van der Waals surface area (Å²) in [5.74, 6) is -0.125. The molecule has 1 atom stereocenters. The summed E-state index contributed by atoms with van der Waals surface area (Å²) >= 11 is 3.46. The van der Waals surface area contributed by atoms with Crippen molar-refractivity contribution >= 4 is 33.4 Å². The minimum Gasteiger partial charge on any atom is -0.342 e. The number of nitrogens with one attached hydrogen (secondary N) is 1. The fourth-order valence-electron chi connectivity index (χ4n) is 2.40. The van der Waals surface area contributed by atoms with Gasteiger partial charge >= 0.3 is 0 Å². The minimum absolute atomic E-state index is 0.0525. The van der Waals surface area contributed by atoms with Gasteiger partial charge in [-0.3, -0.25) is 9.59 Å². The van der Waals surface area contributed by atoms with Gasteiger partial charge in [-0.25, -0.2) is 0 Å². The number of rotatable bonds is 2. The number of nitrogens with zero attached hydrogens (tertiary/aromatic N) is 1. The highest BCUT2D eigenvalue weighted by Crippen LogP contribution is 2.27. The normalized spacial score (nSPS) is 23.5. The predicted molar refractivity (Wildman–Crippen MR) is 82.7 cm³/mol. The van der Waals surface area contributed by atoms with Crippen LogP contribution >= 0.6 is 15.9 Å². The van der Waals surface area contributed by atoms with E-state index in [0.29, 0.717) is 19.4 Å². The van der Waals surface area contributed by atoms with Crippen LogP contribution in [0.15, 0.2) is 22.7 Å². The quantitative estimate of drug-likeness (QED) is 0.901. The van der Waals surface area contributed by atoms with Crippen molar-refractivity contribution in [1.82, 2.24) is 5.32 Å². The zero-order valence-corrected chi connectivity index (χ0v) is 13.6. The number of benzene rings is 1. The van der Waals surface area contributed by atoms with E-state index in [4.69, 9.17) is 0 Å². The van der Waals surface area contributed by atoms with Gasteiger partial charge in [-0.15, -0.1) is 0 Å². The molecule has 0 radical (unpaired) electrons. The first-order chi connectivity index (χ1) is 9.35. The van der Waals surface area contributed by atoms with Crippen LogP contribution in [0.1, 0.15) is 32.3 Å². The Morgan fingerprint density at radius 1 is 1.35 bits per heavy atom. The lowest BCUT2D eigenvalue weighted by atomic mass is 9.97. The molecule has 0 aliphatic carbocycles. The van der Waals surface area contributed by atoms with Gasteiger partial charge < -0.3 is 10.2 Å². The van der Waals surface area contributed by atoms with Crippen molar-refractivity contribution in [2.75, 3.05) is 11.4 Å². The average molecular weight is 339 g/mol. The van der Waals surface area contributed by atoms with Crippen LogP contribution in [-0.2, 0) is 9.59 Å². The monoisotopic (exact) mass is 338 g/mol. The highest BCUT2D eigenvalue weighted by molar-refractivity contribution is 9.10. The highest BCUT2D eigenvalue weighted by Gasteiger charge is 2.39. The van der Waals surface area contributed by atoms with Crippen LogP contribution < -0.4 is 10.2 Å². The van der Waals surface area contributed by atoms with Crippen LogP contribution in [0.2, 0.25) is 0 Å². The van der Waals surface area contributed by atoms with Crippen LogP contribution in [0.3, 0.4) is 0 Å². The number of hydrogen-bond donors (Lipinski definition) is 1. The van der Waals surface area contributed by atoms with E-state index in [0.717, 1.165) is 15.7 Å². The van der Waals surface area contributed by atoms with E-state index in [1.807, 2.05) is 32.0 Å². The number of carbonyl (C=O) groups is 2. The molecular weight excluding hydrogens is 320 g/mol. The molecule has 5 heteroatoms. The summed E-state index contributed by atoms with van der Waals surface area (Å²) in [5.41, 5.74) is 1.08. The third kappa shape index (κ3) is 2.87. The lowest BCUT2D eigenvalue weighted by Gasteiger charge is -2.31. The van der Waals surface area contributed by atoms with Crippen molar-refractivity contribution in [1.29, 1.82) is 0 Å². The minimum atomic E-state index is -0.830. The van der Waals surface area contributed by atoms with E-state index in [2.05, 4.69) is 21.2 Å². The largest absolute Gasteiger partial charge is 0.342 e. The summed E-state index contributed by atoms with van der Waals surface area (Å²) in [5, 5.41) is 2.84. The van der Waals surface area contributed by atoms with E-state index < -0.39 is 5.54 Å². The van der Waals surface area contributed by atoms with Crippen molar-refractivity contribution in [2.45, 2.75) is 39.2 Å². The summed E-state index contributed by atoms with van der Waals surface area (Å²) in [7, 11) is 0. The van der Waals surface area contributed by atoms with Crippen LogP contribution in [0.4, 0.5) is 5.69 Å². The van der Waals surface area contributed by atoms with Crippen LogP contribution in [0.25, 0.3) is 0 Å². The third-order valence-corrected chi connectivity index (χ3v) is 4.20. The first-order valence-corrected chi connectivity index (χ1v) is 7.55. The second-order valence-electron chi connectivity index (χ2n) is 5.43. The Labute approximate surface area is 127 Å². The summed E-state index contributed by atoms with van der Waals surface area (Å²) in [6, 6.07) is 5.87. The molecule has 1 aliphatic heterocycles. The third-order valence-electron chi connectivity index (χ3n) is 3.74. The molecule has 1 unspecified atom stereocenters. The maximum atomic E-state index is 12.8. The Morgan fingerprint density at radius 3 is 2.65 bits per heavy atom. The Hall–Kier alpha value is -1.36. The number of hydrogen-bond acceptors (Lipinski definition) is 2. The molecule has 0 spiro atoms. The highest BCUT2D eigenvalue weighted by atomic mass is 79.9. The van der Waals surface area contributed by atoms with Gasteiger partial charge in [0.15, 0.2) is 0 Å². The molecule has 0 saturated carbocycles. The summed E-state index contributed by atoms with van der Waals surface area (Å²) in [4.78, 5) is 26.3. The van der Waals surface area contributed by atoms with Gasteiger partial charge in [0.25, 0.3) is 5.91 Å². The fourth-order valence-corrected chi connectivity index (χ4v) is 2.99. The van der Waals surface area contributed by atoms with Crippen LogP contribution in [0, 0.1) is 6.92 Å². The smallest absolute Gasteiger partial charge is 0.252 e.